The molecule has 0 atom stereocenters. The average molecular weight is 378 g/mol. The summed E-state index contributed by atoms with van der Waals surface area (Å²) in [6.07, 6.45) is 1.60. The molecule has 21 heavy (non-hydrogen) atoms. The van der Waals surface area contributed by atoms with Crippen LogP contribution in [0, 0.1) is 0 Å². The predicted octanol–water partition coefficient (Wildman–Crippen LogP) is 3.15. The maximum atomic E-state index is 11.4. The molecule has 1 N–H and O–H groups in total. The molecule has 0 unspecified atom stereocenters. The highest BCUT2D eigenvalue weighted by atomic mass is 79.9. The van der Waals surface area contributed by atoms with E-state index in [0.29, 0.717) is 13.0 Å². The van der Waals surface area contributed by atoms with Gasteiger partial charge in [0.2, 0.25) is 0 Å². The van der Waals surface area contributed by atoms with Gasteiger partial charge in [0.1, 0.15) is 15.6 Å². The molecule has 0 fully saturated rings. The molecule has 0 aliphatic heterocycles. The molecule has 0 spiro atoms. The molecule has 0 saturated carbocycles. The number of sulfone groups is 1. The standard InChI is InChI=1S/C15H24BrNO3S/c1-3-8-17-12-13-11-14(16)6-7-15(13)20-9-5-10-21(18,19)4-2/h6-7,11,17H,3-5,8-10,12H2,1-2H3. The Bertz CT molecular complexity index is 532. The fourth-order valence-corrected chi connectivity index (χ4v) is 3.09. The first-order chi connectivity index (χ1) is 9.98. The van der Waals surface area contributed by atoms with Crippen molar-refractivity contribution >= 4 is 25.8 Å². The molecule has 0 heterocycles. The second-order valence-corrected chi connectivity index (χ2v) is 8.26. The van der Waals surface area contributed by atoms with Crippen molar-refractivity contribution in [1.29, 1.82) is 0 Å². The van der Waals surface area contributed by atoms with Crippen molar-refractivity contribution < 1.29 is 13.2 Å². The van der Waals surface area contributed by atoms with Crippen LogP contribution in [0.15, 0.2) is 22.7 Å². The van der Waals surface area contributed by atoms with E-state index in [0.717, 1.165) is 35.3 Å². The van der Waals surface area contributed by atoms with Crippen LogP contribution in [0.1, 0.15) is 32.3 Å². The third-order valence-corrected chi connectivity index (χ3v) is 5.35. The molecular weight excluding hydrogens is 354 g/mol. The molecule has 4 nitrogen and oxygen atoms in total. The van der Waals surface area contributed by atoms with Gasteiger partial charge < -0.3 is 10.1 Å². The van der Waals surface area contributed by atoms with Crippen molar-refractivity contribution in [2.45, 2.75) is 33.2 Å². The topological polar surface area (TPSA) is 55.4 Å². The molecule has 120 valence electrons. The number of rotatable bonds is 10. The summed E-state index contributed by atoms with van der Waals surface area (Å²) in [6, 6.07) is 5.88. The lowest BCUT2D eigenvalue weighted by molar-refractivity contribution is 0.313. The number of halogens is 1. The lowest BCUT2D eigenvalue weighted by Gasteiger charge is -2.12. The van der Waals surface area contributed by atoms with Crippen molar-refractivity contribution in [3.8, 4) is 5.75 Å². The van der Waals surface area contributed by atoms with Gasteiger partial charge in [-0.15, -0.1) is 0 Å². The smallest absolute Gasteiger partial charge is 0.150 e. The minimum Gasteiger partial charge on any atom is -0.493 e. The van der Waals surface area contributed by atoms with Gasteiger partial charge in [-0.05, 0) is 37.6 Å². The van der Waals surface area contributed by atoms with E-state index in [1.807, 2.05) is 18.2 Å². The summed E-state index contributed by atoms with van der Waals surface area (Å²) in [5.74, 6) is 1.19. The summed E-state index contributed by atoms with van der Waals surface area (Å²) in [6.45, 7) is 5.92. The predicted molar refractivity (Wildman–Crippen MR) is 90.6 cm³/mol. The lowest BCUT2D eigenvalue weighted by atomic mass is 10.2. The third kappa shape index (κ3) is 7.29. The highest BCUT2D eigenvalue weighted by Crippen LogP contribution is 2.23. The molecule has 0 bridgehead atoms. The Morgan fingerprint density at radius 2 is 2.05 bits per heavy atom. The average Bonchev–Trinajstić information content (AvgIpc) is 2.45. The SMILES string of the molecule is CCCNCc1cc(Br)ccc1OCCCS(=O)(=O)CC. The molecule has 0 radical (unpaired) electrons. The molecule has 1 rings (SSSR count). The fourth-order valence-electron chi connectivity index (χ4n) is 1.83. The highest BCUT2D eigenvalue weighted by Gasteiger charge is 2.08. The quantitative estimate of drug-likeness (QED) is 0.636. The van der Waals surface area contributed by atoms with Crippen LogP contribution >= 0.6 is 15.9 Å². The molecular formula is C15H24BrNO3S. The molecule has 1 aromatic rings. The fraction of sp³-hybridized carbons (Fsp3) is 0.600. The van der Waals surface area contributed by atoms with E-state index in [1.165, 1.54) is 0 Å². The molecule has 0 aliphatic carbocycles. The van der Waals surface area contributed by atoms with Crippen molar-refractivity contribution in [2.24, 2.45) is 0 Å². The summed E-state index contributed by atoms with van der Waals surface area (Å²) in [5.41, 5.74) is 1.08. The maximum Gasteiger partial charge on any atom is 0.150 e. The van der Waals surface area contributed by atoms with Gasteiger partial charge in [-0.1, -0.05) is 29.8 Å². The van der Waals surface area contributed by atoms with Crippen molar-refractivity contribution in [2.75, 3.05) is 24.7 Å². The Hall–Kier alpha value is -0.590. The highest BCUT2D eigenvalue weighted by molar-refractivity contribution is 9.10. The first-order valence-corrected chi connectivity index (χ1v) is 9.92. The van der Waals surface area contributed by atoms with E-state index < -0.39 is 9.84 Å². The molecule has 0 aliphatic rings. The van der Waals surface area contributed by atoms with Crippen molar-refractivity contribution in [3.63, 3.8) is 0 Å². The first kappa shape index (κ1) is 18.5. The summed E-state index contributed by atoms with van der Waals surface area (Å²) < 4.78 is 29.6. The monoisotopic (exact) mass is 377 g/mol. The minimum absolute atomic E-state index is 0.184. The molecule has 1 aromatic carbocycles. The van der Waals surface area contributed by atoms with Gasteiger partial charge in [0.25, 0.3) is 0 Å². The summed E-state index contributed by atoms with van der Waals surface area (Å²) >= 11 is 3.46. The zero-order chi connectivity index (χ0) is 15.7. The zero-order valence-corrected chi connectivity index (χ0v) is 15.1. The molecule has 0 amide bonds. The van der Waals surface area contributed by atoms with Gasteiger partial charge >= 0.3 is 0 Å². The Morgan fingerprint density at radius 1 is 1.29 bits per heavy atom. The van der Waals surface area contributed by atoms with Crippen molar-refractivity contribution in [3.05, 3.63) is 28.2 Å². The van der Waals surface area contributed by atoms with Crippen LogP contribution in [0.4, 0.5) is 0 Å². The second kappa shape index (κ2) is 9.43. The van der Waals surface area contributed by atoms with Gasteiger partial charge in [-0.25, -0.2) is 8.42 Å². The summed E-state index contributed by atoms with van der Waals surface area (Å²) in [7, 11) is -2.91. The van der Waals surface area contributed by atoms with Gasteiger partial charge in [0.05, 0.1) is 12.4 Å². The minimum atomic E-state index is -2.91. The van der Waals surface area contributed by atoms with E-state index >= 15 is 0 Å². The largest absolute Gasteiger partial charge is 0.493 e. The van der Waals surface area contributed by atoms with Crippen LogP contribution in [0.25, 0.3) is 0 Å². The van der Waals surface area contributed by atoms with Gasteiger partial charge in [-0.2, -0.15) is 0 Å². The van der Waals surface area contributed by atoms with Crippen LogP contribution < -0.4 is 10.1 Å². The normalized spacial score (nSPS) is 11.6. The first-order valence-electron chi connectivity index (χ1n) is 7.31. The number of hydrogen-bond donors (Lipinski definition) is 1. The van der Waals surface area contributed by atoms with E-state index in [9.17, 15) is 8.42 Å². The number of benzene rings is 1. The van der Waals surface area contributed by atoms with Crippen LogP contribution in [-0.2, 0) is 16.4 Å². The van der Waals surface area contributed by atoms with Crippen LogP contribution in [0.2, 0.25) is 0 Å². The Kier molecular flexibility index (Phi) is 8.29. The number of nitrogens with one attached hydrogen (secondary N) is 1. The molecule has 0 aromatic heterocycles. The van der Waals surface area contributed by atoms with E-state index in [2.05, 4.69) is 28.2 Å². The molecule has 6 heteroatoms. The second-order valence-electron chi connectivity index (χ2n) is 4.87. The summed E-state index contributed by atoms with van der Waals surface area (Å²) in [4.78, 5) is 0. The van der Waals surface area contributed by atoms with E-state index in [1.54, 1.807) is 6.92 Å². The third-order valence-electron chi connectivity index (χ3n) is 3.06. The Labute approximate surface area is 136 Å². The molecule has 0 saturated heterocycles. The Balaban J connectivity index is 2.53. The number of hydrogen-bond acceptors (Lipinski definition) is 4. The Morgan fingerprint density at radius 3 is 2.71 bits per heavy atom. The lowest BCUT2D eigenvalue weighted by Crippen LogP contribution is -2.15. The van der Waals surface area contributed by atoms with Gasteiger partial charge in [0, 0.05) is 22.3 Å². The summed E-state index contributed by atoms with van der Waals surface area (Å²) in [5, 5.41) is 3.35. The van der Waals surface area contributed by atoms with Gasteiger partial charge in [0.15, 0.2) is 0 Å². The van der Waals surface area contributed by atoms with E-state index in [-0.39, 0.29) is 11.5 Å². The van der Waals surface area contributed by atoms with Crippen LogP contribution in [-0.4, -0.2) is 33.1 Å². The van der Waals surface area contributed by atoms with Crippen molar-refractivity contribution in [1.82, 2.24) is 5.32 Å². The van der Waals surface area contributed by atoms with Gasteiger partial charge in [-0.3, -0.25) is 0 Å². The van der Waals surface area contributed by atoms with Crippen LogP contribution in [0.5, 0.6) is 5.75 Å². The maximum absolute atomic E-state index is 11.4. The van der Waals surface area contributed by atoms with E-state index in [4.69, 9.17) is 4.74 Å². The van der Waals surface area contributed by atoms with Crippen LogP contribution in [0.3, 0.4) is 0 Å². The zero-order valence-electron chi connectivity index (χ0n) is 12.7. The number of ether oxygens (including phenoxy) is 1.